The van der Waals surface area contributed by atoms with E-state index in [2.05, 4.69) is 15.0 Å². The molecule has 0 aliphatic carbocycles. The maximum absolute atomic E-state index is 13.1. The predicted octanol–water partition coefficient (Wildman–Crippen LogP) is 3.33. The number of benzene rings is 1. The second-order valence-corrected chi connectivity index (χ2v) is 9.21. The summed E-state index contributed by atoms with van der Waals surface area (Å²) in [5.74, 6) is 0.479. The first-order chi connectivity index (χ1) is 16.9. The van der Waals surface area contributed by atoms with Crippen LogP contribution in [0.2, 0.25) is 0 Å². The lowest BCUT2D eigenvalue weighted by atomic mass is 10.1. The quantitative estimate of drug-likeness (QED) is 0.643. The van der Waals surface area contributed by atoms with Crippen LogP contribution in [0.1, 0.15) is 48.0 Å². The van der Waals surface area contributed by atoms with Crippen LogP contribution in [0.25, 0.3) is 0 Å². The van der Waals surface area contributed by atoms with E-state index in [0.29, 0.717) is 61.3 Å². The molecule has 3 heterocycles. The van der Waals surface area contributed by atoms with Gasteiger partial charge in [-0.05, 0) is 44.0 Å². The fraction of sp³-hybridized carbons (Fsp3) is 0.500. The van der Waals surface area contributed by atoms with Gasteiger partial charge in [0, 0.05) is 51.3 Å². The van der Waals surface area contributed by atoms with Crippen molar-refractivity contribution in [3.05, 3.63) is 40.6 Å². The summed E-state index contributed by atoms with van der Waals surface area (Å²) in [7, 11) is 0. The van der Waals surface area contributed by atoms with Gasteiger partial charge in [-0.3, -0.25) is 9.59 Å². The number of nitrogens with one attached hydrogen (secondary N) is 1. The van der Waals surface area contributed by atoms with Gasteiger partial charge in [0.25, 0.3) is 5.91 Å². The minimum absolute atomic E-state index is 0.0108. The van der Waals surface area contributed by atoms with Crippen LogP contribution < -0.4 is 15.0 Å². The Morgan fingerprint density at radius 3 is 2.44 bits per heavy atom. The van der Waals surface area contributed by atoms with Crippen molar-refractivity contribution in [3.63, 3.8) is 0 Å². The number of nitrogens with zero attached hydrogens (tertiary/aromatic N) is 5. The lowest BCUT2D eigenvalue weighted by Gasteiger charge is -2.34. The summed E-state index contributed by atoms with van der Waals surface area (Å²) in [5.41, 5.74) is 2.42. The zero-order chi connectivity index (χ0) is 26.2. The summed E-state index contributed by atoms with van der Waals surface area (Å²) in [6.07, 6.45) is -4.76. The third kappa shape index (κ3) is 5.47. The number of amides is 2. The summed E-state index contributed by atoms with van der Waals surface area (Å²) in [4.78, 5) is 39.5. The lowest BCUT2D eigenvalue weighted by Crippen LogP contribution is -2.48. The van der Waals surface area contributed by atoms with E-state index in [9.17, 15) is 22.8 Å². The number of anilines is 2. The van der Waals surface area contributed by atoms with Crippen LogP contribution in [-0.4, -0.2) is 70.2 Å². The first-order valence-electron chi connectivity index (χ1n) is 11.7. The minimum Gasteiger partial charge on any atom is -0.406 e. The Morgan fingerprint density at radius 1 is 1.17 bits per heavy atom. The highest BCUT2D eigenvalue weighted by Gasteiger charge is 2.35. The van der Waals surface area contributed by atoms with Gasteiger partial charge in [0.15, 0.2) is 0 Å². The summed E-state index contributed by atoms with van der Waals surface area (Å²) < 4.78 is 41.6. The van der Waals surface area contributed by atoms with Crippen molar-refractivity contribution in [1.29, 1.82) is 0 Å². The number of piperazine rings is 1. The Balaban J connectivity index is 1.59. The SMILES string of the molecule is CC(=O)N1CCN(c2nc(NCc3ccc(OC(F)(F)F)cc3C)c3c(n2)C(=O)N(C(C)C)C3)CC1. The standard InChI is InChI=1S/C24H29F3N6O3/c1-14(2)33-13-19-20(22(33)35)29-23(32-9-7-31(8-10-32)16(4)34)30-21(19)28-12-17-5-6-18(11-15(17)3)36-24(25,26)27/h5-6,11,14H,7-10,12-13H2,1-4H3,(H,28,29,30). The van der Waals surface area contributed by atoms with Crippen LogP contribution in [0.3, 0.4) is 0 Å². The highest BCUT2D eigenvalue weighted by atomic mass is 19.4. The molecular weight excluding hydrogens is 477 g/mol. The molecule has 2 aromatic rings. The van der Waals surface area contributed by atoms with Crippen LogP contribution in [0.15, 0.2) is 18.2 Å². The largest absolute Gasteiger partial charge is 0.573 e. The minimum atomic E-state index is -4.76. The Kier molecular flexibility index (Phi) is 6.96. The number of carbonyl (C=O) groups is 2. The van der Waals surface area contributed by atoms with Crippen LogP contribution in [0.5, 0.6) is 5.75 Å². The maximum Gasteiger partial charge on any atom is 0.573 e. The van der Waals surface area contributed by atoms with Crippen LogP contribution in [0.4, 0.5) is 24.9 Å². The number of rotatable bonds is 6. The lowest BCUT2D eigenvalue weighted by molar-refractivity contribution is -0.274. The second-order valence-electron chi connectivity index (χ2n) is 9.21. The molecule has 2 aliphatic heterocycles. The molecule has 1 saturated heterocycles. The van der Waals surface area contributed by atoms with Gasteiger partial charge in [-0.2, -0.15) is 4.98 Å². The molecule has 1 aromatic carbocycles. The average Bonchev–Trinajstić information content (AvgIpc) is 3.14. The highest BCUT2D eigenvalue weighted by Crippen LogP contribution is 2.31. The summed E-state index contributed by atoms with van der Waals surface area (Å²) in [6.45, 7) is 9.91. The fourth-order valence-corrected chi connectivity index (χ4v) is 4.35. The number of hydrogen-bond acceptors (Lipinski definition) is 7. The van der Waals surface area contributed by atoms with E-state index >= 15 is 0 Å². The van der Waals surface area contributed by atoms with Gasteiger partial charge < -0.3 is 24.8 Å². The summed E-state index contributed by atoms with van der Waals surface area (Å²) in [6, 6.07) is 4.15. The molecule has 1 N–H and O–H groups in total. The van der Waals surface area contributed by atoms with Gasteiger partial charge in [-0.15, -0.1) is 13.2 Å². The molecule has 12 heteroatoms. The van der Waals surface area contributed by atoms with E-state index in [1.165, 1.54) is 19.1 Å². The molecular formula is C24H29F3N6O3. The molecule has 1 fully saturated rings. The zero-order valence-corrected chi connectivity index (χ0v) is 20.6. The number of aromatic nitrogens is 2. The van der Waals surface area contributed by atoms with E-state index in [1.807, 2.05) is 18.7 Å². The Labute approximate surface area is 207 Å². The zero-order valence-electron chi connectivity index (χ0n) is 20.6. The molecule has 2 aliphatic rings. The molecule has 36 heavy (non-hydrogen) atoms. The van der Waals surface area contributed by atoms with Crippen molar-refractivity contribution in [2.45, 2.75) is 53.2 Å². The monoisotopic (exact) mass is 506 g/mol. The molecule has 4 rings (SSSR count). The molecule has 9 nitrogen and oxygen atoms in total. The van der Waals surface area contributed by atoms with Gasteiger partial charge in [0.1, 0.15) is 17.3 Å². The van der Waals surface area contributed by atoms with Crippen LogP contribution in [0, 0.1) is 6.92 Å². The molecule has 0 atom stereocenters. The average molecular weight is 507 g/mol. The summed E-state index contributed by atoms with van der Waals surface area (Å²) in [5, 5.41) is 3.27. The van der Waals surface area contributed by atoms with Crippen molar-refractivity contribution in [2.24, 2.45) is 0 Å². The third-order valence-corrected chi connectivity index (χ3v) is 6.41. The van der Waals surface area contributed by atoms with Gasteiger partial charge in [-0.25, -0.2) is 4.98 Å². The third-order valence-electron chi connectivity index (χ3n) is 6.41. The second kappa shape index (κ2) is 9.82. The Morgan fingerprint density at radius 2 is 1.86 bits per heavy atom. The van der Waals surface area contributed by atoms with Gasteiger partial charge in [0.05, 0.1) is 6.54 Å². The molecule has 1 aromatic heterocycles. The van der Waals surface area contributed by atoms with E-state index in [1.54, 1.807) is 22.8 Å². The van der Waals surface area contributed by atoms with Crippen molar-refractivity contribution < 1.29 is 27.5 Å². The van der Waals surface area contributed by atoms with Crippen molar-refractivity contribution >= 4 is 23.6 Å². The first-order valence-corrected chi connectivity index (χ1v) is 11.7. The Hall–Kier alpha value is -3.57. The topological polar surface area (TPSA) is 90.9 Å². The fourth-order valence-electron chi connectivity index (χ4n) is 4.35. The van der Waals surface area contributed by atoms with Crippen LogP contribution >= 0.6 is 0 Å². The summed E-state index contributed by atoms with van der Waals surface area (Å²) >= 11 is 0. The predicted molar refractivity (Wildman–Crippen MR) is 127 cm³/mol. The molecule has 0 saturated carbocycles. The smallest absolute Gasteiger partial charge is 0.406 e. The van der Waals surface area contributed by atoms with Gasteiger partial charge in [-0.1, -0.05) is 6.07 Å². The van der Waals surface area contributed by atoms with Crippen LogP contribution in [-0.2, 0) is 17.9 Å². The van der Waals surface area contributed by atoms with E-state index in [0.717, 1.165) is 5.56 Å². The molecule has 0 bridgehead atoms. The van der Waals surface area contributed by atoms with E-state index in [4.69, 9.17) is 4.98 Å². The number of hydrogen-bond donors (Lipinski definition) is 1. The van der Waals surface area contributed by atoms with Gasteiger partial charge in [0.2, 0.25) is 11.9 Å². The molecule has 2 amide bonds. The van der Waals surface area contributed by atoms with E-state index in [-0.39, 0.29) is 30.2 Å². The number of fused-ring (bicyclic) bond motifs is 1. The van der Waals surface area contributed by atoms with E-state index < -0.39 is 6.36 Å². The highest BCUT2D eigenvalue weighted by molar-refractivity contribution is 5.98. The number of halogens is 3. The number of aryl methyl sites for hydroxylation is 1. The first kappa shape index (κ1) is 25.5. The Bertz CT molecular complexity index is 1160. The van der Waals surface area contributed by atoms with Crippen molar-refractivity contribution in [3.8, 4) is 5.75 Å². The van der Waals surface area contributed by atoms with Gasteiger partial charge >= 0.3 is 6.36 Å². The number of carbonyl (C=O) groups excluding carboxylic acids is 2. The maximum atomic E-state index is 13.1. The molecule has 0 unspecified atom stereocenters. The van der Waals surface area contributed by atoms with Crippen molar-refractivity contribution in [2.75, 3.05) is 36.4 Å². The normalized spacial score (nSPS) is 16.0. The number of alkyl halides is 3. The molecule has 0 radical (unpaired) electrons. The molecule has 0 spiro atoms. The van der Waals surface area contributed by atoms with Crippen molar-refractivity contribution in [1.82, 2.24) is 19.8 Å². The number of ether oxygens (including phenoxy) is 1. The molecule has 194 valence electrons.